The van der Waals surface area contributed by atoms with E-state index in [1.165, 1.54) is 0 Å². The zero-order valence-electron chi connectivity index (χ0n) is 8.18. The highest BCUT2D eigenvalue weighted by atomic mass is 16.1. The summed E-state index contributed by atoms with van der Waals surface area (Å²) in [4.78, 5) is 13.2. The lowest BCUT2D eigenvalue weighted by atomic mass is 10.2. The van der Waals surface area contributed by atoms with Crippen molar-refractivity contribution in [3.63, 3.8) is 0 Å². The Labute approximate surface area is 74.4 Å². The first-order chi connectivity index (χ1) is 5.57. The van der Waals surface area contributed by atoms with Gasteiger partial charge in [-0.1, -0.05) is 6.58 Å². The Balaban J connectivity index is 3.65. The van der Waals surface area contributed by atoms with Crippen LogP contribution in [0.4, 0.5) is 0 Å². The first kappa shape index (κ1) is 11.2. The van der Waals surface area contributed by atoms with Gasteiger partial charge in [-0.3, -0.25) is 4.79 Å². The van der Waals surface area contributed by atoms with Crippen molar-refractivity contribution in [2.75, 3.05) is 27.2 Å². The minimum atomic E-state index is -0.0284. The number of amides is 1. The summed E-state index contributed by atoms with van der Waals surface area (Å²) in [6.07, 6.45) is 0.735. The molecule has 3 heteroatoms. The van der Waals surface area contributed by atoms with Crippen LogP contribution >= 0.6 is 0 Å². The van der Waals surface area contributed by atoms with E-state index in [9.17, 15) is 4.79 Å². The third-order valence-corrected chi connectivity index (χ3v) is 1.52. The number of likely N-dealkylation sites (N-methyl/N-ethyl adjacent to an activating group) is 1. The first-order valence-corrected chi connectivity index (χ1v) is 4.18. The monoisotopic (exact) mass is 170 g/mol. The number of nitrogens with one attached hydrogen (secondary N) is 1. The average Bonchev–Trinajstić information content (AvgIpc) is 2.00. The maximum absolute atomic E-state index is 11.1. The van der Waals surface area contributed by atoms with Crippen LogP contribution in [0.1, 0.15) is 13.3 Å². The highest BCUT2D eigenvalue weighted by Crippen LogP contribution is 1.97. The lowest BCUT2D eigenvalue weighted by Crippen LogP contribution is -2.25. The molecule has 0 aliphatic rings. The van der Waals surface area contributed by atoms with Crippen LogP contribution in [0.3, 0.4) is 0 Å². The molecule has 1 N–H and O–H groups in total. The van der Waals surface area contributed by atoms with Crippen molar-refractivity contribution < 1.29 is 4.79 Å². The molecule has 1 amide bonds. The highest BCUT2D eigenvalue weighted by Gasteiger charge is 2.04. The van der Waals surface area contributed by atoms with Crippen LogP contribution in [-0.4, -0.2) is 38.0 Å². The quantitative estimate of drug-likeness (QED) is 0.614. The van der Waals surface area contributed by atoms with E-state index in [1.807, 2.05) is 25.9 Å². The summed E-state index contributed by atoms with van der Waals surface area (Å²) in [5.74, 6) is -0.0284. The molecule has 0 heterocycles. The molecule has 0 bridgehead atoms. The average molecular weight is 170 g/mol. The van der Waals surface area contributed by atoms with Gasteiger partial charge in [0.25, 0.3) is 0 Å². The molecule has 0 unspecified atom stereocenters. The maximum atomic E-state index is 11.1. The fourth-order valence-electron chi connectivity index (χ4n) is 0.758. The molecule has 0 aliphatic heterocycles. The molecule has 0 aliphatic carbocycles. The van der Waals surface area contributed by atoms with Gasteiger partial charge in [0.05, 0.1) is 0 Å². The van der Waals surface area contributed by atoms with Gasteiger partial charge in [0.1, 0.15) is 0 Å². The molecule has 0 aromatic rings. The van der Waals surface area contributed by atoms with E-state index in [1.54, 1.807) is 0 Å². The molecule has 12 heavy (non-hydrogen) atoms. The Morgan fingerprint density at radius 3 is 2.50 bits per heavy atom. The normalized spacial score (nSPS) is 10.0. The van der Waals surface area contributed by atoms with Crippen molar-refractivity contribution in [3.05, 3.63) is 12.2 Å². The van der Waals surface area contributed by atoms with Crippen LogP contribution < -0.4 is 5.32 Å². The summed E-state index contributed by atoms with van der Waals surface area (Å²) in [6, 6.07) is 0. The minimum absolute atomic E-state index is 0.0284. The molecule has 0 rings (SSSR count). The molecule has 0 aromatic carbocycles. The first-order valence-electron chi connectivity index (χ1n) is 4.18. The topological polar surface area (TPSA) is 32.3 Å². The predicted molar refractivity (Wildman–Crippen MR) is 51.0 cm³/mol. The Kier molecular flexibility index (Phi) is 5.37. The third kappa shape index (κ3) is 4.91. The summed E-state index contributed by atoms with van der Waals surface area (Å²) in [5, 5.41) is 2.71. The van der Waals surface area contributed by atoms with Crippen molar-refractivity contribution in [3.8, 4) is 0 Å². The molecular weight excluding hydrogens is 152 g/mol. The van der Waals surface area contributed by atoms with Crippen LogP contribution in [-0.2, 0) is 4.79 Å². The van der Waals surface area contributed by atoms with Crippen LogP contribution in [0.5, 0.6) is 0 Å². The summed E-state index contributed by atoms with van der Waals surface area (Å²) in [7, 11) is 3.95. The summed E-state index contributed by atoms with van der Waals surface area (Å²) in [6.45, 7) is 7.14. The van der Waals surface area contributed by atoms with E-state index < -0.39 is 0 Å². The van der Waals surface area contributed by atoms with E-state index in [2.05, 4.69) is 11.9 Å². The summed E-state index contributed by atoms with van der Waals surface area (Å²) >= 11 is 0. The Hall–Kier alpha value is -0.830. The standard InChI is InChI=1S/C9H18N2O/c1-5-10-9(12)8(2)6-7-11(3)4/h2,5-7H2,1,3-4H3,(H,10,12). The van der Waals surface area contributed by atoms with Gasteiger partial charge in [-0.25, -0.2) is 0 Å². The fraction of sp³-hybridized carbons (Fsp3) is 0.667. The minimum Gasteiger partial charge on any atom is -0.353 e. The summed E-state index contributed by atoms with van der Waals surface area (Å²) in [5.41, 5.74) is 0.658. The van der Waals surface area contributed by atoms with Crippen LogP contribution in [0.15, 0.2) is 12.2 Å². The molecular formula is C9H18N2O. The van der Waals surface area contributed by atoms with Gasteiger partial charge in [-0.2, -0.15) is 0 Å². The van der Waals surface area contributed by atoms with Crippen molar-refractivity contribution in [2.45, 2.75) is 13.3 Å². The summed E-state index contributed by atoms with van der Waals surface area (Å²) < 4.78 is 0. The number of hydrogen-bond donors (Lipinski definition) is 1. The van der Waals surface area contributed by atoms with Crippen LogP contribution in [0, 0.1) is 0 Å². The molecule has 0 fully saturated rings. The zero-order chi connectivity index (χ0) is 9.56. The van der Waals surface area contributed by atoms with Gasteiger partial charge in [0.2, 0.25) is 5.91 Å². The lowest BCUT2D eigenvalue weighted by molar-refractivity contribution is -0.117. The van der Waals surface area contributed by atoms with Gasteiger partial charge < -0.3 is 10.2 Å². The zero-order valence-corrected chi connectivity index (χ0v) is 8.18. The molecule has 70 valence electrons. The second-order valence-corrected chi connectivity index (χ2v) is 3.02. The fourth-order valence-corrected chi connectivity index (χ4v) is 0.758. The molecule has 0 spiro atoms. The molecule has 0 saturated carbocycles. The molecule has 0 radical (unpaired) electrons. The van der Waals surface area contributed by atoms with E-state index in [-0.39, 0.29) is 5.91 Å². The Bertz CT molecular complexity index is 164. The van der Waals surface area contributed by atoms with Crippen molar-refractivity contribution in [1.82, 2.24) is 10.2 Å². The van der Waals surface area contributed by atoms with Crippen molar-refractivity contribution in [1.29, 1.82) is 0 Å². The van der Waals surface area contributed by atoms with E-state index in [0.29, 0.717) is 12.1 Å². The van der Waals surface area contributed by atoms with Gasteiger partial charge >= 0.3 is 0 Å². The van der Waals surface area contributed by atoms with Crippen LogP contribution in [0.2, 0.25) is 0 Å². The highest BCUT2D eigenvalue weighted by molar-refractivity contribution is 5.92. The van der Waals surface area contributed by atoms with Crippen molar-refractivity contribution in [2.24, 2.45) is 0 Å². The molecule has 0 atom stereocenters. The second-order valence-electron chi connectivity index (χ2n) is 3.02. The van der Waals surface area contributed by atoms with E-state index in [0.717, 1.165) is 13.0 Å². The Morgan fingerprint density at radius 2 is 2.08 bits per heavy atom. The number of carbonyl (C=O) groups is 1. The maximum Gasteiger partial charge on any atom is 0.246 e. The second kappa shape index (κ2) is 5.77. The number of carbonyl (C=O) groups excluding carboxylic acids is 1. The number of rotatable bonds is 5. The Morgan fingerprint density at radius 1 is 1.50 bits per heavy atom. The number of hydrogen-bond acceptors (Lipinski definition) is 2. The molecule has 3 nitrogen and oxygen atoms in total. The van der Waals surface area contributed by atoms with Gasteiger partial charge in [0.15, 0.2) is 0 Å². The largest absolute Gasteiger partial charge is 0.353 e. The van der Waals surface area contributed by atoms with Gasteiger partial charge in [-0.05, 0) is 27.4 Å². The van der Waals surface area contributed by atoms with Gasteiger partial charge in [-0.15, -0.1) is 0 Å². The smallest absolute Gasteiger partial charge is 0.246 e. The SMILES string of the molecule is C=C(CCN(C)C)C(=O)NCC. The van der Waals surface area contributed by atoms with Crippen LogP contribution in [0.25, 0.3) is 0 Å². The lowest BCUT2D eigenvalue weighted by Gasteiger charge is -2.10. The predicted octanol–water partition coefficient (Wildman–Crippen LogP) is 0.630. The van der Waals surface area contributed by atoms with Gasteiger partial charge in [0, 0.05) is 18.7 Å². The molecule has 0 aromatic heterocycles. The third-order valence-electron chi connectivity index (χ3n) is 1.52. The number of nitrogens with zero attached hydrogens (tertiary/aromatic N) is 1. The van der Waals surface area contributed by atoms with E-state index >= 15 is 0 Å². The molecule has 0 saturated heterocycles. The van der Waals surface area contributed by atoms with E-state index in [4.69, 9.17) is 0 Å². The van der Waals surface area contributed by atoms with Crippen molar-refractivity contribution >= 4 is 5.91 Å².